The molecule has 0 unspecified atom stereocenters. The number of amides is 1. The Morgan fingerprint density at radius 3 is 2.35 bits per heavy atom. The molecule has 1 amide bonds. The number of ether oxygens (including phenoxy) is 2. The maximum Gasteiger partial charge on any atom is 0.225 e. The number of rotatable bonds is 3. The van der Waals surface area contributed by atoms with Crippen LogP contribution in [0, 0.1) is 11.6 Å². The van der Waals surface area contributed by atoms with Gasteiger partial charge in [-0.3, -0.25) is 4.79 Å². The highest BCUT2D eigenvalue weighted by molar-refractivity contribution is 5.96. The molecule has 0 aliphatic carbocycles. The maximum atomic E-state index is 13.6. The number of hydrogen-bond donors (Lipinski definition) is 1. The lowest BCUT2D eigenvalue weighted by Gasteiger charge is -2.28. The van der Waals surface area contributed by atoms with E-state index < -0.39 is 17.6 Å². The van der Waals surface area contributed by atoms with Crippen LogP contribution in [0.2, 0.25) is 0 Å². The maximum absolute atomic E-state index is 13.6. The van der Waals surface area contributed by atoms with Crippen LogP contribution in [0.5, 0.6) is 11.5 Å². The zero-order valence-corrected chi connectivity index (χ0v) is 12.7. The molecule has 3 rings (SSSR count). The number of carbonyl (C=O) groups is 1. The summed E-state index contributed by atoms with van der Waals surface area (Å²) in [6.07, 6.45) is 0.0819. The van der Waals surface area contributed by atoms with Crippen LogP contribution in [0.1, 0.15) is 23.5 Å². The average Bonchev–Trinajstić information content (AvgIpc) is 2.51. The summed E-state index contributed by atoms with van der Waals surface area (Å²) in [6.45, 7) is 0. The van der Waals surface area contributed by atoms with Gasteiger partial charge in [0.25, 0.3) is 0 Å². The van der Waals surface area contributed by atoms with Crippen molar-refractivity contribution in [1.82, 2.24) is 0 Å². The van der Waals surface area contributed by atoms with E-state index in [-0.39, 0.29) is 12.3 Å². The van der Waals surface area contributed by atoms with Crippen LogP contribution in [0.15, 0.2) is 30.3 Å². The van der Waals surface area contributed by atoms with Gasteiger partial charge in [-0.05, 0) is 17.7 Å². The van der Waals surface area contributed by atoms with E-state index in [2.05, 4.69) is 5.32 Å². The minimum atomic E-state index is -0.681. The number of nitrogens with one attached hydrogen (secondary N) is 1. The molecular formula is C17H15F2NO3. The molecule has 2 aromatic carbocycles. The van der Waals surface area contributed by atoms with E-state index in [0.29, 0.717) is 28.3 Å². The van der Waals surface area contributed by atoms with Gasteiger partial charge >= 0.3 is 0 Å². The molecule has 4 nitrogen and oxygen atoms in total. The van der Waals surface area contributed by atoms with Crippen LogP contribution in [0.25, 0.3) is 0 Å². The minimum absolute atomic E-state index is 0.0819. The van der Waals surface area contributed by atoms with Gasteiger partial charge in [-0.15, -0.1) is 0 Å². The Morgan fingerprint density at radius 2 is 1.74 bits per heavy atom. The van der Waals surface area contributed by atoms with Gasteiger partial charge in [0.2, 0.25) is 5.91 Å². The lowest BCUT2D eigenvalue weighted by atomic mass is 9.84. The van der Waals surface area contributed by atoms with Gasteiger partial charge in [-0.1, -0.05) is 0 Å². The first-order valence-corrected chi connectivity index (χ1v) is 7.03. The SMILES string of the molecule is COc1cc2c(c(OC)c1)[C@H](c1cc(F)cc(F)c1)CC(=O)N2. The topological polar surface area (TPSA) is 47.6 Å². The van der Waals surface area contributed by atoms with Gasteiger partial charge in [0.15, 0.2) is 0 Å². The highest BCUT2D eigenvalue weighted by Crippen LogP contribution is 2.45. The van der Waals surface area contributed by atoms with Gasteiger partial charge in [0, 0.05) is 36.1 Å². The summed E-state index contributed by atoms with van der Waals surface area (Å²) in [4.78, 5) is 12.0. The number of halogens is 2. The molecule has 1 aliphatic rings. The van der Waals surface area contributed by atoms with Crippen molar-refractivity contribution in [1.29, 1.82) is 0 Å². The van der Waals surface area contributed by atoms with E-state index in [1.165, 1.54) is 26.4 Å². The Bertz CT molecular complexity index is 756. The van der Waals surface area contributed by atoms with E-state index in [9.17, 15) is 13.6 Å². The first kappa shape index (κ1) is 15.3. The van der Waals surface area contributed by atoms with E-state index in [4.69, 9.17) is 9.47 Å². The zero-order valence-electron chi connectivity index (χ0n) is 12.7. The molecular weight excluding hydrogens is 304 g/mol. The molecule has 0 saturated heterocycles. The van der Waals surface area contributed by atoms with Crippen LogP contribution in [-0.4, -0.2) is 20.1 Å². The number of benzene rings is 2. The predicted octanol–water partition coefficient (Wildman–Crippen LogP) is 3.46. The third kappa shape index (κ3) is 2.84. The van der Waals surface area contributed by atoms with Gasteiger partial charge in [-0.2, -0.15) is 0 Å². The van der Waals surface area contributed by atoms with E-state index in [1.54, 1.807) is 12.1 Å². The molecule has 2 aromatic rings. The minimum Gasteiger partial charge on any atom is -0.497 e. The predicted molar refractivity (Wildman–Crippen MR) is 81.0 cm³/mol. The molecule has 0 spiro atoms. The fraction of sp³-hybridized carbons (Fsp3) is 0.235. The Balaban J connectivity index is 2.19. The number of fused-ring (bicyclic) bond motifs is 1. The second-order valence-electron chi connectivity index (χ2n) is 5.30. The van der Waals surface area contributed by atoms with Crippen molar-refractivity contribution in [3.8, 4) is 11.5 Å². The number of methoxy groups -OCH3 is 2. The fourth-order valence-corrected chi connectivity index (χ4v) is 2.90. The van der Waals surface area contributed by atoms with Crippen LogP contribution in [0.3, 0.4) is 0 Å². The standard InChI is InChI=1S/C17H15F2NO3/c1-22-12-6-14-17(15(7-12)23-2)13(8-16(21)20-14)9-3-10(18)5-11(19)4-9/h3-7,13H,8H2,1-2H3,(H,20,21)/t13-/m0/s1. The van der Waals surface area contributed by atoms with Crippen molar-refractivity contribution in [2.24, 2.45) is 0 Å². The monoisotopic (exact) mass is 319 g/mol. The Hall–Kier alpha value is -2.63. The second kappa shape index (κ2) is 5.87. The quantitative estimate of drug-likeness (QED) is 0.942. The highest BCUT2D eigenvalue weighted by Gasteiger charge is 2.31. The lowest BCUT2D eigenvalue weighted by Crippen LogP contribution is -2.24. The summed E-state index contributed by atoms with van der Waals surface area (Å²) in [5.74, 6) is -1.08. The van der Waals surface area contributed by atoms with Crippen LogP contribution >= 0.6 is 0 Å². The van der Waals surface area contributed by atoms with Crippen molar-refractivity contribution < 1.29 is 23.0 Å². The molecule has 0 saturated carbocycles. The Morgan fingerprint density at radius 1 is 1.04 bits per heavy atom. The molecule has 120 valence electrons. The summed E-state index contributed by atoms with van der Waals surface area (Å²) < 4.78 is 37.7. The van der Waals surface area contributed by atoms with Crippen LogP contribution in [0.4, 0.5) is 14.5 Å². The summed E-state index contributed by atoms with van der Waals surface area (Å²) in [5, 5.41) is 2.75. The van der Waals surface area contributed by atoms with E-state index >= 15 is 0 Å². The van der Waals surface area contributed by atoms with Gasteiger partial charge in [0.1, 0.15) is 23.1 Å². The van der Waals surface area contributed by atoms with Gasteiger partial charge in [-0.25, -0.2) is 8.78 Å². The smallest absolute Gasteiger partial charge is 0.225 e. The number of hydrogen-bond acceptors (Lipinski definition) is 3. The first-order valence-electron chi connectivity index (χ1n) is 7.03. The first-order chi connectivity index (χ1) is 11.0. The van der Waals surface area contributed by atoms with E-state index in [0.717, 1.165) is 6.07 Å². The third-order valence-electron chi connectivity index (χ3n) is 3.87. The fourth-order valence-electron chi connectivity index (χ4n) is 2.90. The summed E-state index contributed by atoms with van der Waals surface area (Å²) in [5.41, 5.74) is 1.59. The largest absolute Gasteiger partial charge is 0.497 e. The second-order valence-corrected chi connectivity index (χ2v) is 5.30. The normalized spacial score (nSPS) is 16.5. The molecule has 0 radical (unpaired) electrons. The van der Waals surface area contributed by atoms with Crippen molar-refractivity contribution in [3.05, 3.63) is 53.1 Å². The Labute approximate surface area is 132 Å². The van der Waals surface area contributed by atoms with Crippen molar-refractivity contribution in [2.75, 3.05) is 19.5 Å². The molecule has 23 heavy (non-hydrogen) atoms. The van der Waals surface area contributed by atoms with Gasteiger partial charge < -0.3 is 14.8 Å². The highest BCUT2D eigenvalue weighted by atomic mass is 19.1. The number of anilines is 1. The molecule has 1 heterocycles. The molecule has 1 atom stereocenters. The molecule has 1 N–H and O–H groups in total. The molecule has 1 aliphatic heterocycles. The lowest BCUT2D eigenvalue weighted by molar-refractivity contribution is -0.116. The summed E-state index contributed by atoms with van der Waals surface area (Å²) in [6, 6.07) is 6.62. The summed E-state index contributed by atoms with van der Waals surface area (Å²) in [7, 11) is 3.00. The molecule has 0 fully saturated rings. The van der Waals surface area contributed by atoms with Gasteiger partial charge in [0.05, 0.1) is 19.9 Å². The molecule has 0 bridgehead atoms. The van der Waals surface area contributed by atoms with E-state index in [1.807, 2.05) is 0 Å². The summed E-state index contributed by atoms with van der Waals surface area (Å²) >= 11 is 0. The van der Waals surface area contributed by atoms with Crippen molar-refractivity contribution in [3.63, 3.8) is 0 Å². The van der Waals surface area contributed by atoms with Crippen LogP contribution < -0.4 is 14.8 Å². The number of carbonyl (C=O) groups excluding carboxylic acids is 1. The van der Waals surface area contributed by atoms with Crippen molar-refractivity contribution >= 4 is 11.6 Å². The van der Waals surface area contributed by atoms with Crippen LogP contribution in [-0.2, 0) is 4.79 Å². The van der Waals surface area contributed by atoms with Crippen molar-refractivity contribution in [2.45, 2.75) is 12.3 Å². The third-order valence-corrected chi connectivity index (χ3v) is 3.87. The Kier molecular flexibility index (Phi) is 3.90. The molecule has 0 aromatic heterocycles. The average molecular weight is 319 g/mol. The zero-order chi connectivity index (χ0) is 16.6. The molecule has 6 heteroatoms.